The van der Waals surface area contributed by atoms with Gasteiger partial charge in [0.25, 0.3) is 17.7 Å². The van der Waals surface area contributed by atoms with Gasteiger partial charge in [-0.1, -0.05) is 41.9 Å². The molecule has 3 aromatic carbocycles. The van der Waals surface area contributed by atoms with Crippen molar-refractivity contribution in [1.29, 1.82) is 0 Å². The Labute approximate surface area is 191 Å². The lowest BCUT2D eigenvalue weighted by atomic mass is 10.0. The number of ether oxygens (including phenoxy) is 1. The van der Waals surface area contributed by atoms with Crippen molar-refractivity contribution in [3.05, 3.63) is 99.6 Å². The van der Waals surface area contributed by atoms with E-state index in [1.165, 1.54) is 15.9 Å². The van der Waals surface area contributed by atoms with Crippen molar-refractivity contribution >= 4 is 29.3 Å². The third-order valence-corrected chi connectivity index (χ3v) is 5.63. The zero-order valence-corrected chi connectivity index (χ0v) is 18.4. The van der Waals surface area contributed by atoms with Crippen molar-refractivity contribution in [2.45, 2.75) is 13.1 Å². The third-order valence-electron chi connectivity index (χ3n) is 5.40. The molecule has 162 valence electrons. The fourth-order valence-corrected chi connectivity index (χ4v) is 3.95. The molecule has 32 heavy (non-hydrogen) atoms. The first-order chi connectivity index (χ1) is 15.4. The molecule has 0 spiro atoms. The first kappa shape index (κ1) is 21.6. The Hall–Kier alpha value is -3.64. The van der Waals surface area contributed by atoms with Gasteiger partial charge in [-0.3, -0.25) is 19.3 Å². The number of methoxy groups -OCH3 is 1. The number of amides is 3. The first-order valence-electron chi connectivity index (χ1n) is 10.0. The molecule has 0 fully saturated rings. The summed E-state index contributed by atoms with van der Waals surface area (Å²) in [5.41, 5.74) is 2.49. The second-order valence-electron chi connectivity index (χ2n) is 7.56. The van der Waals surface area contributed by atoms with Crippen LogP contribution < -0.4 is 4.74 Å². The van der Waals surface area contributed by atoms with E-state index in [0.717, 1.165) is 11.1 Å². The topological polar surface area (TPSA) is 66.9 Å². The fraction of sp³-hybridized carbons (Fsp3) is 0.160. The second-order valence-corrected chi connectivity index (χ2v) is 8.00. The largest absolute Gasteiger partial charge is 0.496 e. The van der Waals surface area contributed by atoms with Crippen LogP contribution in [-0.2, 0) is 13.1 Å². The normalized spacial score (nSPS) is 12.7. The van der Waals surface area contributed by atoms with Crippen LogP contribution in [0, 0.1) is 0 Å². The van der Waals surface area contributed by atoms with E-state index in [1.54, 1.807) is 44.5 Å². The van der Waals surface area contributed by atoms with Gasteiger partial charge in [-0.2, -0.15) is 0 Å². The van der Waals surface area contributed by atoms with Crippen molar-refractivity contribution in [2.75, 3.05) is 14.2 Å². The maximum absolute atomic E-state index is 13.0. The van der Waals surface area contributed by atoms with E-state index in [1.807, 2.05) is 30.3 Å². The minimum atomic E-state index is -0.400. The smallest absolute Gasteiger partial charge is 0.261 e. The van der Waals surface area contributed by atoms with Crippen LogP contribution in [0.15, 0.2) is 66.7 Å². The van der Waals surface area contributed by atoms with Gasteiger partial charge in [0, 0.05) is 29.7 Å². The maximum Gasteiger partial charge on any atom is 0.261 e. The van der Waals surface area contributed by atoms with Gasteiger partial charge < -0.3 is 9.64 Å². The summed E-state index contributed by atoms with van der Waals surface area (Å²) in [6, 6.07) is 19.1. The zero-order chi connectivity index (χ0) is 22.8. The number of carbonyl (C=O) groups is 3. The molecule has 1 aliphatic heterocycles. The average Bonchev–Trinajstić information content (AvgIpc) is 3.03. The number of hydrogen-bond acceptors (Lipinski definition) is 4. The van der Waals surface area contributed by atoms with Crippen LogP contribution >= 0.6 is 11.6 Å². The number of nitrogens with zero attached hydrogens (tertiary/aromatic N) is 2. The SMILES string of the molecule is COc1ccc(Cl)cc1CN(C)C(=O)c1ccc2c(c1)C(=O)N(Cc1ccccc1)C2=O. The molecule has 6 nitrogen and oxygen atoms in total. The van der Waals surface area contributed by atoms with Gasteiger partial charge in [-0.05, 0) is 42.0 Å². The predicted octanol–water partition coefficient (Wildman–Crippen LogP) is 4.42. The summed E-state index contributed by atoms with van der Waals surface area (Å²) in [6.07, 6.45) is 0. The molecule has 0 aliphatic carbocycles. The van der Waals surface area contributed by atoms with Gasteiger partial charge in [0.1, 0.15) is 5.75 Å². The Balaban J connectivity index is 1.55. The van der Waals surface area contributed by atoms with E-state index in [9.17, 15) is 14.4 Å². The van der Waals surface area contributed by atoms with Crippen molar-refractivity contribution in [3.8, 4) is 5.75 Å². The molecule has 0 atom stereocenters. The second kappa shape index (κ2) is 8.85. The van der Waals surface area contributed by atoms with E-state index in [-0.39, 0.29) is 30.5 Å². The molecule has 0 aromatic heterocycles. The lowest BCUT2D eigenvalue weighted by molar-refractivity contribution is 0.0642. The molecule has 0 radical (unpaired) electrons. The Morgan fingerprint density at radius 3 is 2.41 bits per heavy atom. The average molecular weight is 449 g/mol. The van der Waals surface area contributed by atoms with Crippen LogP contribution in [0.25, 0.3) is 0 Å². The lowest BCUT2D eigenvalue weighted by Gasteiger charge is -2.19. The summed E-state index contributed by atoms with van der Waals surface area (Å²) < 4.78 is 5.35. The van der Waals surface area contributed by atoms with Crippen LogP contribution in [0.2, 0.25) is 5.02 Å². The molecule has 0 unspecified atom stereocenters. The molecule has 7 heteroatoms. The van der Waals surface area contributed by atoms with E-state index in [4.69, 9.17) is 16.3 Å². The highest BCUT2D eigenvalue weighted by Crippen LogP contribution is 2.27. The first-order valence-corrected chi connectivity index (χ1v) is 10.4. The predicted molar refractivity (Wildman–Crippen MR) is 121 cm³/mol. The molecule has 1 heterocycles. The number of imide groups is 1. The Kier molecular flexibility index (Phi) is 5.97. The highest BCUT2D eigenvalue weighted by atomic mass is 35.5. The number of fused-ring (bicyclic) bond motifs is 1. The van der Waals surface area contributed by atoms with Crippen molar-refractivity contribution in [1.82, 2.24) is 9.80 Å². The van der Waals surface area contributed by atoms with Gasteiger partial charge in [-0.25, -0.2) is 0 Å². The number of hydrogen-bond donors (Lipinski definition) is 0. The Bertz CT molecular complexity index is 1210. The van der Waals surface area contributed by atoms with Gasteiger partial charge in [-0.15, -0.1) is 0 Å². The monoisotopic (exact) mass is 448 g/mol. The molecule has 0 saturated heterocycles. The Morgan fingerprint density at radius 1 is 0.969 bits per heavy atom. The number of benzene rings is 3. The van der Waals surface area contributed by atoms with Crippen molar-refractivity contribution in [3.63, 3.8) is 0 Å². The van der Waals surface area contributed by atoms with Gasteiger partial charge in [0.15, 0.2) is 0 Å². The summed E-state index contributed by atoms with van der Waals surface area (Å²) >= 11 is 6.09. The van der Waals surface area contributed by atoms with E-state index in [0.29, 0.717) is 21.9 Å². The zero-order valence-electron chi connectivity index (χ0n) is 17.7. The molecule has 1 aliphatic rings. The quantitative estimate of drug-likeness (QED) is 0.524. The minimum Gasteiger partial charge on any atom is -0.496 e. The van der Waals surface area contributed by atoms with Gasteiger partial charge in [0.05, 0.1) is 24.8 Å². The molecule has 0 saturated carbocycles. The molecular formula is C25H21ClN2O4. The van der Waals surface area contributed by atoms with E-state index in [2.05, 4.69) is 0 Å². The van der Waals surface area contributed by atoms with Crippen molar-refractivity contribution in [2.24, 2.45) is 0 Å². The summed E-state index contributed by atoms with van der Waals surface area (Å²) in [7, 11) is 3.21. The molecule has 0 N–H and O–H groups in total. The molecule has 3 aromatic rings. The number of rotatable bonds is 6. The molecular weight excluding hydrogens is 428 g/mol. The van der Waals surface area contributed by atoms with Crippen molar-refractivity contribution < 1.29 is 19.1 Å². The standard InChI is InChI=1S/C25H21ClN2O4/c1-27(15-18-12-19(26)9-11-22(18)32-2)23(29)17-8-10-20-21(13-17)25(31)28(24(20)30)14-16-6-4-3-5-7-16/h3-13H,14-15H2,1-2H3. The van der Waals surface area contributed by atoms with Gasteiger partial charge in [0.2, 0.25) is 0 Å². The van der Waals surface area contributed by atoms with E-state index < -0.39 is 5.91 Å². The summed E-state index contributed by atoms with van der Waals surface area (Å²) in [5, 5.41) is 0.543. The van der Waals surface area contributed by atoms with Crippen LogP contribution in [0.5, 0.6) is 5.75 Å². The minimum absolute atomic E-state index is 0.185. The lowest BCUT2D eigenvalue weighted by Crippen LogP contribution is -2.29. The summed E-state index contributed by atoms with van der Waals surface area (Å²) in [4.78, 5) is 41.4. The molecule has 3 amide bonds. The van der Waals surface area contributed by atoms with Gasteiger partial charge >= 0.3 is 0 Å². The van der Waals surface area contributed by atoms with Crippen LogP contribution in [0.1, 0.15) is 42.2 Å². The van der Waals surface area contributed by atoms with Crippen LogP contribution in [0.3, 0.4) is 0 Å². The number of halogens is 1. The van der Waals surface area contributed by atoms with Crippen LogP contribution in [-0.4, -0.2) is 41.7 Å². The summed E-state index contributed by atoms with van der Waals surface area (Å²) in [5.74, 6) is -0.413. The van der Waals surface area contributed by atoms with Crippen LogP contribution in [0.4, 0.5) is 0 Å². The number of carbonyl (C=O) groups excluding carboxylic acids is 3. The highest BCUT2D eigenvalue weighted by Gasteiger charge is 2.36. The van der Waals surface area contributed by atoms with E-state index >= 15 is 0 Å². The third kappa shape index (κ3) is 4.09. The summed E-state index contributed by atoms with van der Waals surface area (Å²) in [6.45, 7) is 0.456. The fourth-order valence-electron chi connectivity index (χ4n) is 3.75. The highest BCUT2D eigenvalue weighted by molar-refractivity contribution is 6.30. The molecule has 0 bridgehead atoms. The molecule has 4 rings (SSSR count). The maximum atomic E-state index is 13.0. The Morgan fingerprint density at radius 2 is 1.69 bits per heavy atom.